The maximum atomic E-state index is 12.4. The number of benzene rings is 2. The molecule has 4 rings (SSSR count). The molecular formula is C21H22ClN5O3S. The van der Waals surface area contributed by atoms with Crippen LogP contribution in [0.15, 0.2) is 53.4 Å². The molecule has 1 aromatic heterocycles. The summed E-state index contributed by atoms with van der Waals surface area (Å²) in [5, 5.41) is 5.02. The van der Waals surface area contributed by atoms with Crippen LogP contribution in [0.3, 0.4) is 0 Å². The lowest BCUT2D eigenvalue weighted by molar-refractivity contribution is 0.0962. The number of amides is 1. The minimum atomic E-state index is -3.50. The Bertz CT molecular complexity index is 1220. The van der Waals surface area contributed by atoms with Crippen molar-refractivity contribution in [3.8, 4) is 5.69 Å². The topological polar surface area (TPSA) is 105 Å². The standard InChI is InChI=1S/C21H22ClN5O3S/c1-13-20(22)14(2)27(25-13)18-9-3-15(4-10-18)21(28)24-23-16-7-11-19(12-8-16)31(29,30)26-17-5-6-17/h3-4,7-12,17,23,26H,5-6H2,1-2H3,(H,24,28). The van der Waals surface area contributed by atoms with Crippen molar-refractivity contribution in [2.75, 3.05) is 5.43 Å². The Morgan fingerprint density at radius 2 is 1.71 bits per heavy atom. The van der Waals surface area contributed by atoms with Crippen molar-refractivity contribution in [3.63, 3.8) is 0 Å². The molecule has 0 spiro atoms. The molecule has 0 aliphatic heterocycles. The minimum Gasteiger partial charge on any atom is -0.298 e. The van der Waals surface area contributed by atoms with E-state index in [9.17, 15) is 13.2 Å². The van der Waals surface area contributed by atoms with Crippen molar-refractivity contribution >= 4 is 33.2 Å². The maximum absolute atomic E-state index is 12.4. The van der Waals surface area contributed by atoms with Crippen LogP contribution in [0.1, 0.15) is 34.6 Å². The van der Waals surface area contributed by atoms with Crippen LogP contribution in [-0.2, 0) is 10.0 Å². The first-order chi connectivity index (χ1) is 14.7. The zero-order valence-corrected chi connectivity index (χ0v) is 18.6. The molecule has 31 heavy (non-hydrogen) atoms. The van der Waals surface area contributed by atoms with Gasteiger partial charge in [0, 0.05) is 11.6 Å². The van der Waals surface area contributed by atoms with E-state index in [-0.39, 0.29) is 16.8 Å². The third kappa shape index (κ3) is 4.73. The Labute approximate surface area is 185 Å². The summed E-state index contributed by atoms with van der Waals surface area (Å²) < 4.78 is 28.8. The van der Waals surface area contributed by atoms with Crippen LogP contribution in [0.4, 0.5) is 5.69 Å². The van der Waals surface area contributed by atoms with Gasteiger partial charge in [0.2, 0.25) is 10.0 Å². The summed E-state index contributed by atoms with van der Waals surface area (Å²) in [6.45, 7) is 3.72. The predicted octanol–water partition coefficient (Wildman–Crippen LogP) is 3.34. The molecule has 0 unspecified atom stereocenters. The highest BCUT2D eigenvalue weighted by Gasteiger charge is 2.27. The van der Waals surface area contributed by atoms with Crippen molar-refractivity contribution < 1.29 is 13.2 Å². The average molecular weight is 460 g/mol. The molecule has 3 aromatic rings. The Morgan fingerprint density at radius 3 is 2.26 bits per heavy atom. The van der Waals surface area contributed by atoms with Crippen molar-refractivity contribution in [3.05, 3.63) is 70.5 Å². The number of hydrogen-bond donors (Lipinski definition) is 3. The minimum absolute atomic E-state index is 0.0479. The average Bonchev–Trinajstić information content (AvgIpc) is 3.54. The van der Waals surface area contributed by atoms with Crippen LogP contribution in [0.25, 0.3) is 5.69 Å². The van der Waals surface area contributed by atoms with Gasteiger partial charge in [0.25, 0.3) is 5.91 Å². The quantitative estimate of drug-likeness (QED) is 0.470. The number of hydrazine groups is 1. The molecule has 1 aliphatic rings. The fourth-order valence-electron chi connectivity index (χ4n) is 3.04. The van der Waals surface area contributed by atoms with Gasteiger partial charge in [-0.3, -0.25) is 15.6 Å². The number of anilines is 1. The van der Waals surface area contributed by atoms with Crippen molar-refractivity contribution in [1.82, 2.24) is 19.9 Å². The highest BCUT2D eigenvalue weighted by atomic mass is 35.5. The summed E-state index contributed by atoms with van der Waals surface area (Å²) in [7, 11) is -3.50. The summed E-state index contributed by atoms with van der Waals surface area (Å²) in [6, 6.07) is 13.2. The summed E-state index contributed by atoms with van der Waals surface area (Å²) >= 11 is 6.20. The van der Waals surface area contributed by atoms with Gasteiger partial charge in [-0.1, -0.05) is 11.6 Å². The number of aryl methyl sites for hydroxylation is 1. The molecule has 0 atom stereocenters. The number of sulfonamides is 1. The smallest absolute Gasteiger partial charge is 0.269 e. The molecule has 0 bridgehead atoms. The molecule has 8 nitrogen and oxygen atoms in total. The number of aromatic nitrogens is 2. The highest BCUT2D eigenvalue weighted by molar-refractivity contribution is 7.89. The molecule has 3 N–H and O–H groups in total. The first kappa shape index (κ1) is 21.4. The van der Waals surface area contributed by atoms with E-state index >= 15 is 0 Å². The molecule has 0 saturated heterocycles. The van der Waals surface area contributed by atoms with E-state index in [0.29, 0.717) is 16.3 Å². The van der Waals surface area contributed by atoms with Crippen LogP contribution < -0.4 is 15.6 Å². The molecule has 2 aromatic carbocycles. The number of hydrogen-bond acceptors (Lipinski definition) is 5. The third-order valence-corrected chi connectivity index (χ3v) is 7.04. The summed E-state index contributed by atoms with van der Waals surface area (Å²) in [4.78, 5) is 12.6. The zero-order chi connectivity index (χ0) is 22.2. The monoisotopic (exact) mass is 459 g/mol. The second-order valence-corrected chi connectivity index (χ2v) is 9.53. The molecule has 1 fully saturated rings. The number of carbonyl (C=O) groups is 1. The zero-order valence-electron chi connectivity index (χ0n) is 17.0. The normalized spacial score (nSPS) is 13.8. The van der Waals surface area contributed by atoms with E-state index in [2.05, 4.69) is 20.7 Å². The van der Waals surface area contributed by atoms with Gasteiger partial charge in [-0.2, -0.15) is 5.10 Å². The van der Waals surface area contributed by atoms with Gasteiger partial charge in [0.15, 0.2) is 0 Å². The van der Waals surface area contributed by atoms with Gasteiger partial charge < -0.3 is 0 Å². The Hall–Kier alpha value is -2.88. The second-order valence-electron chi connectivity index (χ2n) is 7.44. The van der Waals surface area contributed by atoms with Gasteiger partial charge in [-0.15, -0.1) is 0 Å². The number of nitrogens with zero attached hydrogens (tertiary/aromatic N) is 2. The van der Waals surface area contributed by atoms with Gasteiger partial charge in [-0.05, 0) is 75.2 Å². The highest BCUT2D eigenvalue weighted by Crippen LogP contribution is 2.23. The molecular weight excluding hydrogens is 438 g/mol. The lowest BCUT2D eigenvalue weighted by Crippen LogP contribution is -2.29. The van der Waals surface area contributed by atoms with Crippen LogP contribution in [-0.4, -0.2) is 30.1 Å². The van der Waals surface area contributed by atoms with Gasteiger partial charge in [-0.25, -0.2) is 17.8 Å². The molecule has 10 heteroatoms. The van der Waals surface area contributed by atoms with Gasteiger partial charge in [0.1, 0.15) is 0 Å². The van der Waals surface area contributed by atoms with Crippen molar-refractivity contribution in [1.29, 1.82) is 0 Å². The number of rotatable bonds is 7. The van der Waals surface area contributed by atoms with Crippen LogP contribution in [0.2, 0.25) is 5.02 Å². The van der Waals surface area contributed by atoms with E-state index in [4.69, 9.17) is 11.6 Å². The lowest BCUT2D eigenvalue weighted by atomic mass is 10.2. The Balaban J connectivity index is 1.38. The predicted molar refractivity (Wildman–Crippen MR) is 119 cm³/mol. The summed E-state index contributed by atoms with van der Waals surface area (Å²) in [5.74, 6) is -0.329. The van der Waals surface area contributed by atoms with E-state index < -0.39 is 10.0 Å². The van der Waals surface area contributed by atoms with E-state index in [1.807, 2.05) is 13.8 Å². The van der Waals surface area contributed by atoms with Gasteiger partial charge >= 0.3 is 0 Å². The first-order valence-electron chi connectivity index (χ1n) is 9.75. The Morgan fingerprint density at radius 1 is 1.06 bits per heavy atom. The number of carbonyl (C=O) groups excluding carboxylic acids is 1. The molecule has 1 aliphatic carbocycles. The SMILES string of the molecule is Cc1nn(-c2ccc(C(=O)NNc3ccc(S(=O)(=O)NC4CC4)cc3)cc2)c(C)c1Cl. The van der Waals surface area contributed by atoms with E-state index in [1.165, 1.54) is 12.1 Å². The van der Waals surface area contributed by atoms with E-state index in [1.54, 1.807) is 41.1 Å². The fourth-order valence-corrected chi connectivity index (χ4v) is 4.46. The largest absolute Gasteiger partial charge is 0.298 e. The summed E-state index contributed by atoms with van der Waals surface area (Å²) in [6.07, 6.45) is 1.75. The lowest BCUT2D eigenvalue weighted by Gasteiger charge is -2.11. The van der Waals surface area contributed by atoms with Crippen LogP contribution >= 0.6 is 11.6 Å². The third-order valence-electron chi connectivity index (χ3n) is 4.96. The molecule has 1 amide bonds. The fraction of sp³-hybridized carbons (Fsp3) is 0.238. The second kappa shape index (κ2) is 8.33. The van der Waals surface area contributed by atoms with Crippen molar-refractivity contribution in [2.24, 2.45) is 0 Å². The Kier molecular flexibility index (Phi) is 5.74. The van der Waals surface area contributed by atoms with Crippen LogP contribution in [0, 0.1) is 13.8 Å². The summed E-state index contributed by atoms with van der Waals surface area (Å²) in [5.41, 5.74) is 8.78. The number of nitrogens with one attached hydrogen (secondary N) is 3. The molecule has 0 radical (unpaired) electrons. The molecule has 162 valence electrons. The number of halogens is 1. The first-order valence-corrected chi connectivity index (χ1v) is 11.6. The van der Waals surface area contributed by atoms with Gasteiger partial charge in [0.05, 0.1) is 32.7 Å². The van der Waals surface area contributed by atoms with Crippen LogP contribution in [0.5, 0.6) is 0 Å². The molecule has 1 heterocycles. The maximum Gasteiger partial charge on any atom is 0.269 e. The van der Waals surface area contributed by atoms with Crippen molar-refractivity contribution in [2.45, 2.75) is 37.6 Å². The van der Waals surface area contributed by atoms with E-state index in [0.717, 1.165) is 29.9 Å². The molecule has 1 saturated carbocycles.